The van der Waals surface area contributed by atoms with Crippen LogP contribution in [-0.2, 0) is 4.79 Å². The molecule has 0 aliphatic rings. The number of nitrogens with one attached hydrogen (secondary N) is 1. The van der Waals surface area contributed by atoms with Crippen LogP contribution in [0.4, 0.5) is 10.8 Å². The summed E-state index contributed by atoms with van der Waals surface area (Å²) in [5.41, 5.74) is 7.56. The van der Waals surface area contributed by atoms with Crippen LogP contribution in [0.3, 0.4) is 0 Å². The van der Waals surface area contributed by atoms with Gasteiger partial charge in [-0.3, -0.25) is 4.79 Å². The molecule has 0 spiro atoms. The Morgan fingerprint density at radius 3 is 2.95 bits per heavy atom. The van der Waals surface area contributed by atoms with E-state index in [1.54, 1.807) is 11.4 Å². The van der Waals surface area contributed by atoms with Crippen molar-refractivity contribution in [2.75, 3.05) is 5.32 Å². The molecule has 0 radical (unpaired) electrons. The standard InChI is InChI=1S/C12H12ClN3O2S/c1-6-3-2-4-7(13)10(6)16-12-15-8(5-19-12)9(14)11(17)18/h2-5,9H,14H2,1H3,(H,15,16)(H,17,18). The average molecular weight is 298 g/mol. The first-order valence-electron chi connectivity index (χ1n) is 5.45. The number of halogens is 1. The van der Waals surface area contributed by atoms with Crippen molar-refractivity contribution in [3.63, 3.8) is 0 Å². The van der Waals surface area contributed by atoms with Crippen LogP contribution in [0.1, 0.15) is 17.3 Å². The molecular formula is C12H12ClN3O2S. The lowest BCUT2D eigenvalue weighted by Crippen LogP contribution is -2.20. The Kier molecular flexibility index (Phi) is 4.04. The second-order valence-corrected chi connectivity index (χ2v) is 5.22. The number of nitrogens with zero attached hydrogens (tertiary/aromatic N) is 1. The molecule has 5 nitrogen and oxygen atoms in total. The number of benzene rings is 1. The quantitative estimate of drug-likeness (QED) is 0.807. The van der Waals surface area contributed by atoms with E-state index in [1.165, 1.54) is 11.3 Å². The van der Waals surface area contributed by atoms with E-state index in [0.717, 1.165) is 11.3 Å². The first-order chi connectivity index (χ1) is 8.99. The van der Waals surface area contributed by atoms with E-state index in [-0.39, 0.29) is 0 Å². The second-order valence-electron chi connectivity index (χ2n) is 3.95. The molecule has 0 aliphatic heterocycles. The minimum Gasteiger partial charge on any atom is -0.480 e. The Morgan fingerprint density at radius 1 is 1.58 bits per heavy atom. The second kappa shape index (κ2) is 5.56. The maximum atomic E-state index is 10.8. The van der Waals surface area contributed by atoms with Gasteiger partial charge in [0.25, 0.3) is 0 Å². The summed E-state index contributed by atoms with van der Waals surface area (Å²) in [6.07, 6.45) is 0. The third-order valence-electron chi connectivity index (χ3n) is 2.56. The smallest absolute Gasteiger partial charge is 0.326 e. The Balaban J connectivity index is 2.23. The number of carboxylic acids is 1. The van der Waals surface area contributed by atoms with Gasteiger partial charge >= 0.3 is 5.97 Å². The number of thiazole rings is 1. The van der Waals surface area contributed by atoms with Gasteiger partial charge in [0.2, 0.25) is 0 Å². The van der Waals surface area contributed by atoms with Gasteiger partial charge in [-0.1, -0.05) is 23.7 Å². The zero-order chi connectivity index (χ0) is 14.0. The molecule has 0 aliphatic carbocycles. The van der Waals surface area contributed by atoms with E-state index in [1.807, 2.05) is 19.1 Å². The number of rotatable bonds is 4. The first-order valence-corrected chi connectivity index (χ1v) is 6.70. The highest BCUT2D eigenvalue weighted by molar-refractivity contribution is 7.13. The molecule has 2 aromatic rings. The molecule has 1 unspecified atom stereocenters. The highest BCUT2D eigenvalue weighted by Gasteiger charge is 2.18. The minimum absolute atomic E-state index is 0.324. The topological polar surface area (TPSA) is 88.2 Å². The van der Waals surface area contributed by atoms with Crippen molar-refractivity contribution in [3.05, 3.63) is 39.9 Å². The zero-order valence-corrected chi connectivity index (χ0v) is 11.6. The molecule has 0 fully saturated rings. The van der Waals surface area contributed by atoms with E-state index < -0.39 is 12.0 Å². The molecule has 100 valence electrons. The molecule has 19 heavy (non-hydrogen) atoms. The molecule has 1 atom stereocenters. The normalized spacial score (nSPS) is 12.2. The predicted octanol–water partition coefficient (Wildman–Crippen LogP) is 2.93. The van der Waals surface area contributed by atoms with Crippen LogP contribution in [0, 0.1) is 6.92 Å². The molecule has 0 bridgehead atoms. The molecule has 7 heteroatoms. The summed E-state index contributed by atoms with van der Waals surface area (Å²) in [6.45, 7) is 1.92. The fourth-order valence-electron chi connectivity index (χ4n) is 1.51. The van der Waals surface area contributed by atoms with Crippen molar-refractivity contribution >= 4 is 39.7 Å². The molecule has 0 saturated carbocycles. The summed E-state index contributed by atoms with van der Waals surface area (Å²) < 4.78 is 0. The lowest BCUT2D eigenvalue weighted by molar-refractivity contribution is -0.138. The first kappa shape index (κ1) is 13.8. The van der Waals surface area contributed by atoms with Crippen molar-refractivity contribution < 1.29 is 9.90 Å². The number of hydrogen-bond donors (Lipinski definition) is 3. The number of carboxylic acid groups (broad SMARTS) is 1. The fourth-order valence-corrected chi connectivity index (χ4v) is 2.53. The Bertz CT molecular complexity index is 595. The van der Waals surface area contributed by atoms with Gasteiger partial charge in [-0.05, 0) is 18.6 Å². The summed E-state index contributed by atoms with van der Waals surface area (Å²) in [5, 5.41) is 14.7. The maximum absolute atomic E-state index is 10.8. The summed E-state index contributed by atoms with van der Waals surface area (Å²) in [4.78, 5) is 14.9. The Hall–Kier alpha value is -1.63. The van der Waals surface area contributed by atoms with Crippen molar-refractivity contribution in [3.8, 4) is 0 Å². The molecule has 1 heterocycles. The fraction of sp³-hybridized carbons (Fsp3) is 0.167. The number of para-hydroxylation sites is 1. The summed E-state index contributed by atoms with van der Waals surface area (Å²) in [7, 11) is 0. The Morgan fingerprint density at radius 2 is 2.32 bits per heavy atom. The number of anilines is 2. The van der Waals surface area contributed by atoms with Crippen LogP contribution in [0.5, 0.6) is 0 Å². The van der Waals surface area contributed by atoms with Crippen LogP contribution in [0.25, 0.3) is 0 Å². The predicted molar refractivity (Wildman–Crippen MR) is 76.1 cm³/mol. The van der Waals surface area contributed by atoms with Crippen LogP contribution < -0.4 is 11.1 Å². The molecule has 2 rings (SSSR count). The number of carbonyl (C=O) groups is 1. The molecule has 0 saturated heterocycles. The van der Waals surface area contributed by atoms with Crippen LogP contribution >= 0.6 is 22.9 Å². The number of aryl methyl sites for hydroxylation is 1. The molecule has 0 amide bonds. The van der Waals surface area contributed by atoms with Gasteiger partial charge in [0, 0.05) is 5.38 Å². The molecule has 4 N–H and O–H groups in total. The van der Waals surface area contributed by atoms with Crippen molar-refractivity contribution in [2.24, 2.45) is 5.73 Å². The lowest BCUT2D eigenvalue weighted by Gasteiger charge is -2.08. The SMILES string of the molecule is Cc1cccc(Cl)c1Nc1nc(C(N)C(=O)O)cs1. The monoisotopic (exact) mass is 297 g/mol. The maximum Gasteiger partial charge on any atom is 0.326 e. The van der Waals surface area contributed by atoms with Gasteiger partial charge in [0.15, 0.2) is 5.13 Å². The van der Waals surface area contributed by atoms with Gasteiger partial charge in [0.1, 0.15) is 6.04 Å². The van der Waals surface area contributed by atoms with Gasteiger partial charge in [-0.15, -0.1) is 11.3 Å². The van der Waals surface area contributed by atoms with Crippen molar-refractivity contribution in [1.82, 2.24) is 4.98 Å². The summed E-state index contributed by atoms with van der Waals surface area (Å²) in [5.74, 6) is -1.11. The Labute approximate surface area is 119 Å². The minimum atomic E-state index is -1.11. The zero-order valence-electron chi connectivity index (χ0n) is 10.1. The van der Waals surface area contributed by atoms with Crippen LogP contribution in [-0.4, -0.2) is 16.1 Å². The summed E-state index contributed by atoms with van der Waals surface area (Å²) >= 11 is 7.38. The van der Waals surface area contributed by atoms with E-state index in [0.29, 0.717) is 15.8 Å². The highest BCUT2D eigenvalue weighted by Crippen LogP contribution is 2.30. The third-order valence-corrected chi connectivity index (χ3v) is 3.65. The molecule has 1 aromatic carbocycles. The van der Waals surface area contributed by atoms with E-state index >= 15 is 0 Å². The average Bonchev–Trinajstić information content (AvgIpc) is 2.81. The molecular weight excluding hydrogens is 286 g/mol. The number of aliphatic carboxylic acids is 1. The van der Waals surface area contributed by atoms with Gasteiger partial charge < -0.3 is 16.2 Å². The summed E-state index contributed by atoms with van der Waals surface area (Å²) in [6, 6.07) is 4.44. The van der Waals surface area contributed by atoms with Crippen LogP contribution in [0.15, 0.2) is 23.6 Å². The largest absolute Gasteiger partial charge is 0.480 e. The lowest BCUT2D eigenvalue weighted by atomic mass is 10.2. The van der Waals surface area contributed by atoms with Crippen molar-refractivity contribution in [2.45, 2.75) is 13.0 Å². The van der Waals surface area contributed by atoms with E-state index in [4.69, 9.17) is 22.4 Å². The van der Waals surface area contributed by atoms with Gasteiger partial charge in [0.05, 0.1) is 16.4 Å². The van der Waals surface area contributed by atoms with Crippen LogP contribution in [0.2, 0.25) is 5.02 Å². The number of nitrogens with two attached hydrogens (primary N) is 1. The third kappa shape index (κ3) is 3.04. The van der Waals surface area contributed by atoms with Crippen molar-refractivity contribution in [1.29, 1.82) is 0 Å². The highest BCUT2D eigenvalue weighted by atomic mass is 35.5. The van der Waals surface area contributed by atoms with Gasteiger partial charge in [-0.2, -0.15) is 0 Å². The van der Waals surface area contributed by atoms with Gasteiger partial charge in [-0.25, -0.2) is 4.98 Å². The number of hydrogen-bond acceptors (Lipinski definition) is 5. The number of aromatic nitrogens is 1. The molecule has 1 aromatic heterocycles. The van der Waals surface area contributed by atoms with E-state index in [2.05, 4.69) is 10.3 Å². The van der Waals surface area contributed by atoms with E-state index in [9.17, 15) is 4.79 Å².